The van der Waals surface area contributed by atoms with Crippen LogP contribution in [0.3, 0.4) is 0 Å². The summed E-state index contributed by atoms with van der Waals surface area (Å²) in [5.41, 5.74) is 1.10. The highest BCUT2D eigenvalue weighted by Crippen LogP contribution is 2.33. The molecule has 0 saturated carbocycles. The van der Waals surface area contributed by atoms with E-state index in [0.29, 0.717) is 27.9 Å². The molecule has 1 aromatic heterocycles. The molecule has 0 atom stereocenters. The minimum absolute atomic E-state index is 0.0270. The summed E-state index contributed by atoms with van der Waals surface area (Å²) in [5.74, 6) is -0.340. The van der Waals surface area contributed by atoms with Gasteiger partial charge in [-0.2, -0.15) is 0 Å². The Bertz CT molecular complexity index is 973. The van der Waals surface area contributed by atoms with E-state index in [-0.39, 0.29) is 35.6 Å². The van der Waals surface area contributed by atoms with Gasteiger partial charge in [0.2, 0.25) is 5.91 Å². The zero-order valence-electron chi connectivity index (χ0n) is 16.9. The van der Waals surface area contributed by atoms with Crippen molar-refractivity contribution in [1.82, 2.24) is 9.97 Å². The van der Waals surface area contributed by atoms with Gasteiger partial charge < -0.3 is 24.5 Å². The van der Waals surface area contributed by atoms with Crippen LogP contribution in [0.2, 0.25) is 0 Å². The lowest BCUT2D eigenvalue weighted by molar-refractivity contribution is -0.116. The predicted molar refractivity (Wildman–Crippen MR) is 109 cm³/mol. The molecule has 156 valence electrons. The monoisotopic (exact) mass is 421 g/mol. The molecule has 0 radical (unpaired) electrons. The molecule has 2 N–H and O–H groups in total. The SMILES string of the molecule is COC(=O)c1cc(OC)c(OC)cc1NC(=O)CCc1c(C)nc(SC)[nH]c1=O. The molecular formula is C19H23N3O6S. The van der Waals surface area contributed by atoms with Crippen molar-refractivity contribution in [3.63, 3.8) is 0 Å². The molecule has 10 heteroatoms. The summed E-state index contributed by atoms with van der Waals surface area (Å²) < 4.78 is 15.2. The smallest absolute Gasteiger partial charge is 0.340 e. The molecule has 29 heavy (non-hydrogen) atoms. The molecule has 0 bridgehead atoms. The largest absolute Gasteiger partial charge is 0.493 e. The first-order valence-corrected chi connectivity index (χ1v) is 9.85. The number of anilines is 1. The van der Waals surface area contributed by atoms with Crippen LogP contribution in [-0.2, 0) is 16.0 Å². The average molecular weight is 421 g/mol. The van der Waals surface area contributed by atoms with Crippen molar-refractivity contribution in [3.05, 3.63) is 39.3 Å². The summed E-state index contributed by atoms with van der Waals surface area (Å²) in [5, 5.41) is 3.19. The number of hydrogen-bond acceptors (Lipinski definition) is 8. The number of aryl methyl sites for hydroxylation is 1. The van der Waals surface area contributed by atoms with Crippen LogP contribution in [0.5, 0.6) is 11.5 Å². The van der Waals surface area contributed by atoms with Crippen LogP contribution in [0.4, 0.5) is 5.69 Å². The van der Waals surface area contributed by atoms with Gasteiger partial charge >= 0.3 is 5.97 Å². The number of hydrogen-bond donors (Lipinski definition) is 2. The zero-order valence-corrected chi connectivity index (χ0v) is 17.7. The van der Waals surface area contributed by atoms with Crippen LogP contribution in [0.15, 0.2) is 22.1 Å². The number of nitrogens with one attached hydrogen (secondary N) is 2. The van der Waals surface area contributed by atoms with E-state index in [1.54, 1.807) is 6.92 Å². The first-order valence-electron chi connectivity index (χ1n) is 8.62. The van der Waals surface area contributed by atoms with E-state index >= 15 is 0 Å². The number of ether oxygens (including phenoxy) is 3. The lowest BCUT2D eigenvalue weighted by atomic mass is 10.1. The molecule has 1 heterocycles. The van der Waals surface area contributed by atoms with Crippen LogP contribution < -0.4 is 20.3 Å². The highest BCUT2D eigenvalue weighted by atomic mass is 32.2. The summed E-state index contributed by atoms with van der Waals surface area (Å²) in [6.45, 7) is 1.73. The van der Waals surface area contributed by atoms with Crippen LogP contribution in [0, 0.1) is 6.92 Å². The summed E-state index contributed by atoms with van der Waals surface area (Å²) in [7, 11) is 4.12. The van der Waals surface area contributed by atoms with Gasteiger partial charge in [-0.05, 0) is 19.6 Å². The normalized spacial score (nSPS) is 10.4. The number of esters is 1. The van der Waals surface area contributed by atoms with Gasteiger partial charge in [-0.3, -0.25) is 9.59 Å². The molecule has 0 fully saturated rings. The third-order valence-electron chi connectivity index (χ3n) is 4.20. The molecule has 0 spiro atoms. The number of carbonyl (C=O) groups excluding carboxylic acids is 2. The Morgan fingerprint density at radius 1 is 1.17 bits per heavy atom. The summed E-state index contributed by atoms with van der Waals surface area (Å²) in [6, 6.07) is 2.91. The van der Waals surface area contributed by atoms with Gasteiger partial charge in [-0.1, -0.05) is 11.8 Å². The number of amides is 1. The van der Waals surface area contributed by atoms with Gasteiger partial charge in [0.25, 0.3) is 5.56 Å². The number of nitrogens with zero attached hydrogens (tertiary/aromatic N) is 1. The fraction of sp³-hybridized carbons (Fsp3) is 0.368. The van der Waals surface area contributed by atoms with E-state index < -0.39 is 5.97 Å². The molecule has 9 nitrogen and oxygen atoms in total. The van der Waals surface area contributed by atoms with Gasteiger partial charge in [0.05, 0.1) is 32.6 Å². The van der Waals surface area contributed by atoms with Gasteiger partial charge in [-0.15, -0.1) is 0 Å². The van der Waals surface area contributed by atoms with E-state index in [9.17, 15) is 14.4 Å². The highest BCUT2D eigenvalue weighted by Gasteiger charge is 2.19. The number of aromatic nitrogens is 2. The molecule has 0 aliphatic heterocycles. The number of thioether (sulfide) groups is 1. The Hall–Kier alpha value is -3.01. The van der Waals surface area contributed by atoms with E-state index in [1.165, 1.54) is 45.2 Å². The number of aromatic amines is 1. The lowest BCUT2D eigenvalue weighted by Gasteiger charge is -2.14. The van der Waals surface area contributed by atoms with E-state index in [0.717, 1.165) is 0 Å². The van der Waals surface area contributed by atoms with Crippen LogP contribution >= 0.6 is 11.8 Å². The van der Waals surface area contributed by atoms with Crippen molar-refractivity contribution >= 4 is 29.3 Å². The predicted octanol–water partition coefficient (Wildman–Crippen LogP) is 2.18. The zero-order chi connectivity index (χ0) is 21.6. The topological polar surface area (TPSA) is 120 Å². The van der Waals surface area contributed by atoms with Gasteiger partial charge in [0.15, 0.2) is 16.7 Å². The molecular weight excluding hydrogens is 398 g/mol. The van der Waals surface area contributed by atoms with Crippen molar-refractivity contribution in [1.29, 1.82) is 0 Å². The van der Waals surface area contributed by atoms with Crippen molar-refractivity contribution in [2.45, 2.75) is 24.9 Å². The van der Waals surface area contributed by atoms with Crippen molar-refractivity contribution < 1.29 is 23.8 Å². The van der Waals surface area contributed by atoms with Crippen LogP contribution in [-0.4, -0.2) is 49.4 Å². The quantitative estimate of drug-likeness (QED) is 0.378. The van der Waals surface area contributed by atoms with Crippen LogP contribution in [0.25, 0.3) is 0 Å². The minimum atomic E-state index is -0.634. The standard InChI is InChI=1S/C19H23N3O6S/c1-10-11(17(24)22-19(20-10)29-5)6-7-16(23)21-13-9-15(27-3)14(26-2)8-12(13)18(25)28-4/h8-9H,6-7H2,1-5H3,(H,21,23)(H,20,22,24). The maximum Gasteiger partial charge on any atom is 0.340 e. The molecule has 0 aliphatic carbocycles. The number of benzene rings is 1. The second kappa shape index (κ2) is 9.97. The molecule has 0 saturated heterocycles. The molecule has 2 rings (SSSR count). The Labute approximate surface area is 172 Å². The average Bonchev–Trinajstić information content (AvgIpc) is 2.71. The third kappa shape index (κ3) is 5.29. The molecule has 2 aromatic rings. The summed E-state index contributed by atoms with van der Waals surface area (Å²) in [6.07, 6.45) is 2.04. The maximum absolute atomic E-state index is 12.5. The van der Waals surface area contributed by atoms with Crippen molar-refractivity contribution in [2.75, 3.05) is 32.9 Å². The summed E-state index contributed by atoms with van der Waals surface area (Å²) >= 11 is 1.33. The fourth-order valence-corrected chi connectivity index (χ4v) is 3.11. The Morgan fingerprint density at radius 3 is 2.38 bits per heavy atom. The highest BCUT2D eigenvalue weighted by molar-refractivity contribution is 7.98. The number of rotatable bonds is 8. The van der Waals surface area contributed by atoms with E-state index in [1.807, 2.05) is 6.26 Å². The number of H-pyrrole nitrogens is 1. The summed E-state index contributed by atoms with van der Waals surface area (Å²) in [4.78, 5) is 43.7. The number of methoxy groups -OCH3 is 3. The molecule has 1 amide bonds. The Balaban J connectivity index is 2.22. The molecule has 0 aliphatic rings. The van der Waals surface area contributed by atoms with Crippen molar-refractivity contribution in [2.24, 2.45) is 0 Å². The molecule has 0 unspecified atom stereocenters. The third-order valence-corrected chi connectivity index (χ3v) is 4.78. The molecule has 1 aromatic carbocycles. The first kappa shape index (κ1) is 22.3. The van der Waals surface area contributed by atoms with Crippen molar-refractivity contribution in [3.8, 4) is 11.5 Å². The Morgan fingerprint density at radius 2 is 1.83 bits per heavy atom. The van der Waals surface area contributed by atoms with Gasteiger partial charge in [0, 0.05) is 29.8 Å². The van der Waals surface area contributed by atoms with Crippen LogP contribution in [0.1, 0.15) is 28.0 Å². The number of carbonyl (C=O) groups is 2. The first-order chi connectivity index (χ1) is 13.8. The Kier molecular flexibility index (Phi) is 7.66. The van der Waals surface area contributed by atoms with E-state index in [2.05, 4.69) is 15.3 Å². The second-order valence-electron chi connectivity index (χ2n) is 5.93. The maximum atomic E-state index is 12.5. The fourth-order valence-electron chi connectivity index (χ4n) is 2.69. The van der Waals surface area contributed by atoms with Gasteiger partial charge in [-0.25, -0.2) is 9.78 Å². The van der Waals surface area contributed by atoms with Gasteiger partial charge in [0.1, 0.15) is 0 Å². The second-order valence-corrected chi connectivity index (χ2v) is 6.73. The van der Waals surface area contributed by atoms with E-state index in [4.69, 9.17) is 14.2 Å². The lowest BCUT2D eigenvalue weighted by Crippen LogP contribution is -2.21. The minimum Gasteiger partial charge on any atom is -0.493 e.